The minimum absolute atomic E-state index is 0.202. The van der Waals surface area contributed by atoms with E-state index in [1.165, 1.54) is 10.3 Å². The highest BCUT2D eigenvalue weighted by atomic mass is 32.1. The van der Waals surface area contributed by atoms with Gasteiger partial charge in [-0.1, -0.05) is 66.7 Å². The van der Waals surface area contributed by atoms with Crippen molar-refractivity contribution in [2.75, 3.05) is 20.2 Å². The van der Waals surface area contributed by atoms with E-state index in [0.29, 0.717) is 13.1 Å². The minimum atomic E-state index is -0.588. The van der Waals surface area contributed by atoms with Crippen molar-refractivity contribution in [1.82, 2.24) is 9.88 Å². The van der Waals surface area contributed by atoms with Crippen molar-refractivity contribution in [2.24, 2.45) is 0 Å². The molecule has 3 aromatic carbocycles. The normalized spacial score (nSPS) is 13.5. The van der Waals surface area contributed by atoms with Gasteiger partial charge in [0.05, 0.1) is 29.5 Å². The van der Waals surface area contributed by atoms with Crippen molar-refractivity contribution in [3.63, 3.8) is 0 Å². The Hall–Kier alpha value is -2.57. The molecule has 4 nitrogen and oxygen atoms in total. The molecule has 0 amide bonds. The zero-order valence-corrected chi connectivity index (χ0v) is 18.8. The van der Waals surface area contributed by atoms with Crippen LogP contribution >= 0.6 is 11.3 Å². The van der Waals surface area contributed by atoms with E-state index >= 15 is 0 Å². The average Bonchev–Trinajstić information content (AvgIpc) is 3.18. The number of fused-ring (bicyclic) bond motifs is 1. The summed E-state index contributed by atoms with van der Waals surface area (Å²) in [4.78, 5) is 6.78. The number of thiazole rings is 1. The lowest BCUT2D eigenvalue weighted by molar-refractivity contribution is -0.00644. The molecule has 5 heteroatoms. The van der Waals surface area contributed by atoms with Gasteiger partial charge in [-0.3, -0.25) is 4.90 Å². The maximum atomic E-state index is 10.7. The summed E-state index contributed by atoms with van der Waals surface area (Å²) < 4.78 is 7.46. The van der Waals surface area contributed by atoms with E-state index in [9.17, 15) is 5.11 Å². The Morgan fingerprint density at radius 2 is 1.68 bits per heavy atom. The van der Waals surface area contributed by atoms with Crippen LogP contribution in [-0.2, 0) is 11.3 Å². The standard InChI is InChI=1S/C26H28N2O2S/c1-19-10-6-7-13-22(19)26(20-11-4-3-5-12-20)30-18-21(29)16-28(2)17-25-27-23-14-8-9-15-24(23)31-25/h3-15,21,26,29H,16-18H2,1-2H3. The molecule has 0 fully saturated rings. The van der Waals surface area contributed by atoms with E-state index in [4.69, 9.17) is 4.74 Å². The van der Waals surface area contributed by atoms with Crippen LogP contribution in [0.2, 0.25) is 0 Å². The van der Waals surface area contributed by atoms with E-state index in [0.717, 1.165) is 21.7 Å². The Kier molecular flexibility index (Phi) is 7.10. The summed E-state index contributed by atoms with van der Waals surface area (Å²) in [5.74, 6) is 0. The molecule has 0 aliphatic carbocycles. The van der Waals surface area contributed by atoms with E-state index in [1.807, 2.05) is 55.6 Å². The summed E-state index contributed by atoms with van der Waals surface area (Å²) in [5, 5.41) is 11.7. The van der Waals surface area contributed by atoms with Crippen LogP contribution in [0.25, 0.3) is 10.2 Å². The zero-order valence-electron chi connectivity index (χ0n) is 17.9. The molecule has 1 N–H and O–H groups in total. The molecule has 0 aliphatic rings. The summed E-state index contributed by atoms with van der Waals surface area (Å²) >= 11 is 1.70. The number of aromatic nitrogens is 1. The van der Waals surface area contributed by atoms with Gasteiger partial charge in [0.15, 0.2) is 0 Å². The first-order valence-electron chi connectivity index (χ1n) is 10.5. The van der Waals surface area contributed by atoms with Gasteiger partial charge in [-0.05, 0) is 42.8 Å². The predicted octanol–water partition coefficient (Wildman–Crippen LogP) is 5.20. The number of benzene rings is 3. The lowest BCUT2D eigenvalue weighted by atomic mass is 9.97. The summed E-state index contributed by atoms with van der Waals surface area (Å²) in [5.41, 5.74) is 4.43. The average molecular weight is 433 g/mol. The van der Waals surface area contributed by atoms with Crippen molar-refractivity contribution in [2.45, 2.75) is 25.7 Å². The Morgan fingerprint density at radius 1 is 0.968 bits per heavy atom. The van der Waals surface area contributed by atoms with Crippen LogP contribution in [0.15, 0.2) is 78.9 Å². The molecular formula is C26H28N2O2S. The second-order valence-electron chi connectivity index (χ2n) is 7.91. The highest BCUT2D eigenvalue weighted by Crippen LogP contribution is 2.28. The summed E-state index contributed by atoms with van der Waals surface area (Å²) in [6.07, 6.45) is -0.791. The highest BCUT2D eigenvalue weighted by Gasteiger charge is 2.19. The van der Waals surface area contributed by atoms with Crippen LogP contribution in [-0.4, -0.2) is 41.3 Å². The monoisotopic (exact) mass is 432 g/mol. The quantitative estimate of drug-likeness (QED) is 0.395. The fraction of sp³-hybridized carbons (Fsp3) is 0.269. The first-order chi connectivity index (χ1) is 15.1. The third kappa shape index (κ3) is 5.57. The number of rotatable bonds is 9. The van der Waals surface area contributed by atoms with Gasteiger partial charge in [0.1, 0.15) is 11.1 Å². The summed E-state index contributed by atoms with van der Waals surface area (Å²) in [6.45, 7) is 3.58. The molecule has 0 bridgehead atoms. The molecule has 0 radical (unpaired) electrons. The highest BCUT2D eigenvalue weighted by molar-refractivity contribution is 7.18. The van der Waals surface area contributed by atoms with Crippen molar-refractivity contribution >= 4 is 21.6 Å². The SMILES string of the molecule is Cc1ccccc1C(OCC(O)CN(C)Cc1nc2ccccc2s1)c1ccccc1. The zero-order chi connectivity index (χ0) is 21.6. The number of hydrogen-bond donors (Lipinski definition) is 1. The van der Waals surface area contributed by atoms with Crippen molar-refractivity contribution < 1.29 is 9.84 Å². The van der Waals surface area contributed by atoms with Crippen LogP contribution in [0.4, 0.5) is 0 Å². The maximum absolute atomic E-state index is 10.7. The van der Waals surface area contributed by atoms with Crippen molar-refractivity contribution in [3.8, 4) is 0 Å². The number of nitrogens with zero attached hydrogens (tertiary/aromatic N) is 2. The van der Waals surface area contributed by atoms with E-state index in [1.54, 1.807) is 11.3 Å². The third-order valence-corrected chi connectivity index (χ3v) is 6.32. The van der Waals surface area contributed by atoms with E-state index in [-0.39, 0.29) is 12.7 Å². The molecule has 2 atom stereocenters. The molecule has 2 unspecified atom stereocenters. The van der Waals surface area contributed by atoms with Crippen molar-refractivity contribution in [1.29, 1.82) is 0 Å². The van der Waals surface area contributed by atoms with Gasteiger partial charge in [-0.2, -0.15) is 0 Å². The number of aliphatic hydroxyl groups excluding tert-OH is 1. The molecule has 1 aromatic heterocycles. The first-order valence-corrected chi connectivity index (χ1v) is 11.3. The Morgan fingerprint density at radius 3 is 2.45 bits per heavy atom. The lowest BCUT2D eigenvalue weighted by Crippen LogP contribution is -2.32. The van der Waals surface area contributed by atoms with Crippen LogP contribution in [0.1, 0.15) is 27.8 Å². The van der Waals surface area contributed by atoms with Crippen LogP contribution in [0, 0.1) is 6.92 Å². The molecule has 4 rings (SSSR count). The van der Waals surface area contributed by atoms with Crippen molar-refractivity contribution in [3.05, 3.63) is 101 Å². The van der Waals surface area contributed by atoms with Gasteiger partial charge in [0.25, 0.3) is 0 Å². The molecule has 0 saturated heterocycles. The van der Waals surface area contributed by atoms with Gasteiger partial charge in [-0.15, -0.1) is 11.3 Å². The number of aliphatic hydroxyl groups is 1. The second-order valence-corrected chi connectivity index (χ2v) is 9.02. The van der Waals surface area contributed by atoms with E-state index < -0.39 is 6.10 Å². The number of hydrogen-bond acceptors (Lipinski definition) is 5. The Balaban J connectivity index is 1.38. The van der Waals surface area contributed by atoms with Gasteiger partial charge in [0, 0.05) is 6.54 Å². The fourth-order valence-corrected chi connectivity index (χ4v) is 4.82. The Bertz CT molecular complexity index is 1080. The maximum Gasteiger partial charge on any atom is 0.108 e. The molecule has 4 aromatic rings. The van der Waals surface area contributed by atoms with Crippen LogP contribution in [0.3, 0.4) is 0 Å². The van der Waals surface area contributed by atoms with Crippen LogP contribution < -0.4 is 0 Å². The second kappa shape index (κ2) is 10.2. The fourth-order valence-electron chi connectivity index (χ4n) is 3.78. The molecule has 1 heterocycles. The smallest absolute Gasteiger partial charge is 0.108 e. The largest absolute Gasteiger partial charge is 0.389 e. The summed E-state index contributed by atoms with van der Waals surface area (Å²) in [6, 6.07) is 26.6. The summed E-state index contributed by atoms with van der Waals surface area (Å²) in [7, 11) is 2.01. The molecular weight excluding hydrogens is 404 g/mol. The molecule has 0 saturated carbocycles. The molecule has 160 valence electrons. The lowest BCUT2D eigenvalue weighted by Gasteiger charge is -2.24. The van der Waals surface area contributed by atoms with E-state index in [2.05, 4.69) is 47.1 Å². The topological polar surface area (TPSA) is 45.6 Å². The number of ether oxygens (including phenoxy) is 1. The third-order valence-electron chi connectivity index (χ3n) is 5.29. The molecule has 31 heavy (non-hydrogen) atoms. The molecule has 0 spiro atoms. The minimum Gasteiger partial charge on any atom is -0.389 e. The van der Waals surface area contributed by atoms with Gasteiger partial charge < -0.3 is 9.84 Å². The van der Waals surface area contributed by atoms with Gasteiger partial charge in [-0.25, -0.2) is 4.98 Å². The number of likely N-dealkylation sites (N-methyl/N-ethyl adjacent to an activating group) is 1. The van der Waals surface area contributed by atoms with Crippen LogP contribution in [0.5, 0.6) is 0 Å². The van der Waals surface area contributed by atoms with Gasteiger partial charge >= 0.3 is 0 Å². The predicted molar refractivity (Wildman–Crippen MR) is 127 cm³/mol. The number of para-hydroxylation sites is 1. The van der Waals surface area contributed by atoms with Gasteiger partial charge in [0.2, 0.25) is 0 Å². The molecule has 0 aliphatic heterocycles. The number of aryl methyl sites for hydroxylation is 1. The first kappa shape index (κ1) is 21.7. The Labute approximate surface area is 187 Å².